The molecule has 0 aliphatic heterocycles. The summed E-state index contributed by atoms with van der Waals surface area (Å²) in [6, 6.07) is 0. The fourth-order valence-electron chi connectivity index (χ4n) is 1.43. The molecule has 0 aliphatic rings. The van der Waals surface area contributed by atoms with Crippen molar-refractivity contribution in [3.8, 4) is 0 Å². The Kier molecular flexibility index (Phi) is 4.30. The average molecular weight is 211 g/mol. The van der Waals surface area contributed by atoms with Gasteiger partial charge >= 0.3 is 0 Å². The van der Waals surface area contributed by atoms with Crippen molar-refractivity contribution in [3.63, 3.8) is 0 Å². The molecule has 0 spiro atoms. The molecule has 0 radical (unpaired) electrons. The van der Waals surface area contributed by atoms with Gasteiger partial charge in [-0.25, -0.2) is 4.98 Å². The second kappa shape index (κ2) is 5.50. The molecule has 0 saturated heterocycles. The highest BCUT2D eigenvalue weighted by molar-refractivity contribution is 5.92. The highest BCUT2D eigenvalue weighted by Crippen LogP contribution is 2.03. The molecule has 0 aromatic carbocycles. The third kappa shape index (κ3) is 2.79. The van der Waals surface area contributed by atoms with Crippen LogP contribution in [0.1, 0.15) is 23.8 Å². The monoisotopic (exact) mass is 211 g/mol. The lowest BCUT2D eigenvalue weighted by Gasteiger charge is -2.20. The summed E-state index contributed by atoms with van der Waals surface area (Å²) in [7, 11) is 1.78. The maximum Gasteiger partial charge on any atom is 0.272 e. The molecule has 1 N–H and O–H groups in total. The fourth-order valence-corrected chi connectivity index (χ4v) is 1.43. The number of hydrogen-bond acceptors (Lipinski definition) is 3. The van der Waals surface area contributed by atoms with Gasteiger partial charge in [-0.15, -0.1) is 0 Å². The zero-order valence-corrected chi connectivity index (χ0v) is 9.18. The van der Waals surface area contributed by atoms with Crippen molar-refractivity contribution in [1.82, 2.24) is 14.5 Å². The maximum absolute atomic E-state index is 12.0. The lowest BCUT2D eigenvalue weighted by atomic mass is 10.3. The van der Waals surface area contributed by atoms with Crippen LogP contribution in [0.3, 0.4) is 0 Å². The summed E-state index contributed by atoms with van der Waals surface area (Å²) in [6.07, 6.45) is 4.02. The average Bonchev–Trinajstić information content (AvgIpc) is 2.63. The van der Waals surface area contributed by atoms with Gasteiger partial charge in [0.2, 0.25) is 0 Å². The zero-order chi connectivity index (χ0) is 11.3. The van der Waals surface area contributed by atoms with Crippen molar-refractivity contribution < 1.29 is 9.90 Å². The summed E-state index contributed by atoms with van der Waals surface area (Å²) in [6.45, 7) is 3.02. The molecular formula is C10H17N3O2. The van der Waals surface area contributed by atoms with Crippen LogP contribution in [-0.4, -0.2) is 45.2 Å². The minimum atomic E-state index is -0.0779. The van der Waals surface area contributed by atoms with Gasteiger partial charge in [0, 0.05) is 20.1 Å². The SMILES string of the molecule is CCCN(CCO)C(=O)c1cncn1C. The predicted molar refractivity (Wildman–Crippen MR) is 56.5 cm³/mol. The van der Waals surface area contributed by atoms with Gasteiger partial charge in [-0.1, -0.05) is 6.92 Å². The molecule has 0 fully saturated rings. The third-order valence-corrected chi connectivity index (χ3v) is 2.19. The number of hydrogen-bond donors (Lipinski definition) is 1. The van der Waals surface area contributed by atoms with Crippen LogP contribution in [0.5, 0.6) is 0 Å². The molecule has 0 aliphatic carbocycles. The second-order valence-electron chi connectivity index (χ2n) is 3.41. The van der Waals surface area contributed by atoms with E-state index in [2.05, 4.69) is 4.98 Å². The topological polar surface area (TPSA) is 58.4 Å². The Bertz CT molecular complexity index is 316. The Morgan fingerprint density at radius 3 is 2.80 bits per heavy atom. The van der Waals surface area contributed by atoms with E-state index in [4.69, 9.17) is 5.11 Å². The van der Waals surface area contributed by atoms with E-state index in [0.29, 0.717) is 18.8 Å². The van der Waals surface area contributed by atoms with Crippen molar-refractivity contribution in [1.29, 1.82) is 0 Å². The molecule has 0 unspecified atom stereocenters. The maximum atomic E-state index is 12.0. The van der Waals surface area contributed by atoms with Crippen LogP contribution in [0.25, 0.3) is 0 Å². The molecule has 0 atom stereocenters. The summed E-state index contributed by atoms with van der Waals surface area (Å²) in [5.74, 6) is -0.0779. The molecule has 0 bridgehead atoms. The molecule has 5 heteroatoms. The largest absolute Gasteiger partial charge is 0.395 e. The van der Waals surface area contributed by atoms with E-state index in [1.54, 1.807) is 29.0 Å². The van der Waals surface area contributed by atoms with Crippen LogP contribution in [0, 0.1) is 0 Å². The number of carbonyl (C=O) groups excluding carboxylic acids is 1. The van der Waals surface area contributed by atoms with E-state index in [0.717, 1.165) is 6.42 Å². The Labute approximate surface area is 89.3 Å². The molecule has 1 rings (SSSR count). The van der Waals surface area contributed by atoms with E-state index >= 15 is 0 Å². The number of amides is 1. The van der Waals surface area contributed by atoms with Crippen molar-refractivity contribution in [2.24, 2.45) is 7.05 Å². The number of aryl methyl sites for hydroxylation is 1. The number of aliphatic hydroxyl groups excluding tert-OH is 1. The second-order valence-corrected chi connectivity index (χ2v) is 3.41. The van der Waals surface area contributed by atoms with Crippen LogP contribution in [0.15, 0.2) is 12.5 Å². The fraction of sp³-hybridized carbons (Fsp3) is 0.600. The first-order chi connectivity index (χ1) is 7.20. The first-order valence-electron chi connectivity index (χ1n) is 5.07. The van der Waals surface area contributed by atoms with Gasteiger partial charge in [0.05, 0.1) is 19.1 Å². The Morgan fingerprint density at radius 2 is 2.33 bits per heavy atom. The van der Waals surface area contributed by atoms with Crippen molar-refractivity contribution in [2.75, 3.05) is 19.7 Å². The van der Waals surface area contributed by atoms with Crippen molar-refractivity contribution in [3.05, 3.63) is 18.2 Å². The van der Waals surface area contributed by atoms with Gasteiger partial charge in [-0.2, -0.15) is 0 Å². The number of carbonyl (C=O) groups is 1. The molecular weight excluding hydrogens is 194 g/mol. The normalized spacial score (nSPS) is 10.3. The summed E-state index contributed by atoms with van der Waals surface area (Å²) in [5.41, 5.74) is 0.553. The molecule has 1 amide bonds. The van der Waals surface area contributed by atoms with Gasteiger partial charge in [0.1, 0.15) is 5.69 Å². The van der Waals surface area contributed by atoms with Gasteiger partial charge in [0.25, 0.3) is 5.91 Å². The number of aromatic nitrogens is 2. The quantitative estimate of drug-likeness (QED) is 0.760. The van der Waals surface area contributed by atoms with E-state index < -0.39 is 0 Å². The number of imidazole rings is 1. The minimum absolute atomic E-state index is 0.0103. The molecule has 0 saturated carbocycles. The summed E-state index contributed by atoms with van der Waals surface area (Å²) in [4.78, 5) is 17.5. The standard InChI is InChI=1S/C10H17N3O2/c1-3-4-13(5-6-14)10(15)9-7-11-8-12(9)2/h7-8,14H,3-6H2,1-2H3. The number of aliphatic hydroxyl groups is 1. The lowest BCUT2D eigenvalue weighted by Crippen LogP contribution is -2.35. The molecule has 1 aromatic rings. The summed E-state index contributed by atoms with van der Waals surface area (Å²) < 4.78 is 1.68. The van der Waals surface area contributed by atoms with Gasteiger partial charge in [-0.3, -0.25) is 4.79 Å². The number of rotatable bonds is 5. The van der Waals surface area contributed by atoms with E-state index in [9.17, 15) is 4.79 Å². The third-order valence-electron chi connectivity index (χ3n) is 2.19. The van der Waals surface area contributed by atoms with Crippen LogP contribution in [0.2, 0.25) is 0 Å². The minimum Gasteiger partial charge on any atom is -0.395 e. The van der Waals surface area contributed by atoms with Crippen molar-refractivity contribution >= 4 is 5.91 Å². The van der Waals surface area contributed by atoms with Crippen LogP contribution < -0.4 is 0 Å². The lowest BCUT2D eigenvalue weighted by molar-refractivity contribution is 0.0712. The Morgan fingerprint density at radius 1 is 1.60 bits per heavy atom. The van der Waals surface area contributed by atoms with E-state index in [1.807, 2.05) is 6.92 Å². The molecule has 1 aromatic heterocycles. The first kappa shape index (κ1) is 11.7. The van der Waals surface area contributed by atoms with E-state index in [-0.39, 0.29) is 12.5 Å². The van der Waals surface area contributed by atoms with Crippen LogP contribution >= 0.6 is 0 Å². The van der Waals surface area contributed by atoms with Crippen LogP contribution in [-0.2, 0) is 7.05 Å². The predicted octanol–water partition coefficient (Wildman–Crippen LogP) is 0.265. The highest BCUT2D eigenvalue weighted by atomic mass is 16.3. The smallest absolute Gasteiger partial charge is 0.272 e. The Balaban J connectivity index is 2.76. The Hall–Kier alpha value is -1.36. The molecule has 1 heterocycles. The summed E-state index contributed by atoms with van der Waals surface area (Å²) in [5, 5.41) is 8.86. The van der Waals surface area contributed by atoms with Crippen molar-refractivity contribution in [2.45, 2.75) is 13.3 Å². The summed E-state index contributed by atoms with van der Waals surface area (Å²) >= 11 is 0. The molecule has 5 nitrogen and oxygen atoms in total. The van der Waals surface area contributed by atoms with Gasteiger partial charge < -0.3 is 14.6 Å². The van der Waals surface area contributed by atoms with E-state index in [1.165, 1.54) is 0 Å². The molecule has 15 heavy (non-hydrogen) atoms. The van der Waals surface area contributed by atoms with Gasteiger partial charge in [-0.05, 0) is 6.42 Å². The first-order valence-corrected chi connectivity index (χ1v) is 5.07. The highest BCUT2D eigenvalue weighted by Gasteiger charge is 2.16. The molecule has 84 valence electrons. The number of nitrogens with zero attached hydrogens (tertiary/aromatic N) is 3. The van der Waals surface area contributed by atoms with Gasteiger partial charge in [0.15, 0.2) is 0 Å². The zero-order valence-electron chi connectivity index (χ0n) is 9.18. The van der Waals surface area contributed by atoms with Crippen LogP contribution in [0.4, 0.5) is 0 Å².